The first-order chi connectivity index (χ1) is 16.4. The van der Waals surface area contributed by atoms with Gasteiger partial charge >= 0.3 is 0 Å². The first-order valence-electron chi connectivity index (χ1n) is 12.0. The third kappa shape index (κ3) is 16.6. The molecule has 0 aromatic heterocycles. The van der Waals surface area contributed by atoms with Gasteiger partial charge in [-0.3, -0.25) is 0 Å². The molecule has 0 saturated carbocycles. The summed E-state index contributed by atoms with van der Waals surface area (Å²) >= 11 is 0. The van der Waals surface area contributed by atoms with Crippen LogP contribution in [0.2, 0.25) is 0 Å². The van der Waals surface area contributed by atoms with Crippen LogP contribution >= 0.6 is 0 Å². The Bertz CT molecular complexity index is 759. The molecule has 1 saturated heterocycles. The van der Waals surface area contributed by atoms with Crippen molar-refractivity contribution < 1.29 is 4.74 Å². The summed E-state index contributed by atoms with van der Waals surface area (Å²) in [5.41, 5.74) is 5.42. The van der Waals surface area contributed by atoms with Gasteiger partial charge < -0.3 is 15.0 Å². The van der Waals surface area contributed by atoms with Crippen LogP contribution in [0.4, 0.5) is 11.4 Å². The standard InChI is InChI=1S/C21H28N2O.2C4H8.C2H4/c1-5-6-18(4)21(12-7-17(2)3)22-19-8-10-20(11-9-19)23-13-15-24-16-14-23;2*1-3-4-2;1-2/h5-6,8-12,22H,2,4,7,13-16H2,1,3H3;3-4H,1-2H3;3H,1,4H2,2H3;1-2H2/b6-5-,21-12-;4-3-;;. The summed E-state index contributed by atoms with van der Waals surface area (Å²) in [6, 6.07) is 8.54. The molecule has 1 aliphatic heterocycles. The quantitative estimate of drug-likeness (QED) is 0.307. The van der Waals surface area contributed by atoms with Gasteiger partial charge in [-0.2, -0.15) is 0 Å². The zero-order valence-electron chi connectivity index (χ0n) is 22.4. The Labute approximate surface area is 210 Å². The minimum atomic E-state index is 0.803. The maximum absolute atomic E-state index is 5.41. The van der Waals surface area contributed by atoms with E-state index in [1.54, 1.807) is 0 Å². The van der Waals surface area contributed by atoms with Gasteiger partial charge in [0.05, 0.1) is 13.2 Å². The molecule has 1 heterocycles. The van der Waals surface area contributed by atoms with E-state index in [4.69, 9.17) is 4.74 Å². The molecule has 188 valence electrons. The van der Waals surface area contributed by atoms with E-state index in [1.807, 2.05) is 58.1 Å². The molecule has 34 heavy (non-hydrogen) atoms. The summed E-state index contributed by atoms with van der Waals surface area (Å²) in [5.74, 6) is 0. The largest absolute Gasteiger partial charge is 0.378 e. The minimum Gasteiger partial charge on any atom is -0.378 e. The van der Waals surface area contributed by atoms with Gasteiger partial charge in [-0.15, -0.1) is 19.7 Å². The van der Waals surface area contributed by atoms with E-state index >= 15 is 0 Å². The van der Waals surface area contributed by atoms with E-state index in [0.29, 0.717) is 0 Å². The smallest absolute Gasteiger partial charge is 0.0642 e. The van der Waals surface area contributed by atoms with Crippen LogP contribution in [0.3, 0.4) is 0 Å². The number of anilines is 2. The first kappa shape index (κ1) is 33.1. The van der Waals surface area contributed by atoms with Gasteiger partial charge in [0.1, 0.15) is 0 Å². The topological polar surface area (TPSA) is 24.5 Å². The maximum Gasteiger partial charge on any atom is 0.0642 e. The summed E-state index contributed by atoms with van der Waals surface area (Å²) < 4.78 is 5.41. The van der Waals surface area contributed by atoms with Crippen molar-refractivity contribution in [2.75, 3.05) is 36.5 Å². The SMILES string of the molecule is C/C=C\C.C=C.C=C(C)C/C=C(\Nc1ccc(N2CCOCC2)cc1)C(=C)/C=C\C.C=CCC. The van der Waals surface area contributed by atoms with Crippen molar-refractivity contribution in [3.05, 3.63) is 110 Å². The fourth-order valence-electron chi connectivity index (χ4n) is 2.56. The highest BCUT2D eigenvalue weighted by Gasteiger charge is 2.11. The Morgan fingerprint density at radius 2 is 1.53 bits per heavy atom. The number of ether oxygens (including phenoxy) is 1. The first-order valence-corrected chi connectivity index (χ1v) is 12.0. The van der Waals surface area contributed by atoms with E-state index < -0.39 is 0 Å². The molecular weight excluding hydrogens is 416 g/mol. The highest BCUT2D eigenvalue weighted by molar-refractivity contribution is 5.60. The molecule has 0 atom stereocenters. The number of benzene rings is 1. The Kier molecular flexibility index (Phi) is 22.5. The van der Waals surface area contributed by atoms with Crippen molar-refractivity contribution >= 4 is 11.4 Å². The lowest BCUT2D eigenvalue weighted by molar-refractivity contribution is 0.122. The third-order valence-corrected chi connectivity index (χ3v) is 4.51. The van der Waals surface area contributed by atoms with E-state index in [1.165, 1.54) is 5.69 Å². The lowest BCUT2D eigenvalue weighted by Crippen LogP contribution is -2.36. The van der Waals surface area contributed by atoms with Gasteiger partial charge in [-0.05, 0) is 70.4 Å². The molecule has 0 amide bonds. The summed E-state index contributed by atoms with van der Waals surface area (Å²) in [4.78, 5) is 2.35. The highest BCUT2D eigenvalue weighted by Crippen LogP contribution is 2.22. The number of allylic oxidation sites excluding steroid dienone is 7. The number of hydrogen-bond donors (Lipinski definition) is 1. The van der Waals surface area contributed by atoms with E-state index in [0.717, 1.165) is 61.7 Å². The molecule has 0 unspecified atom stereocenters. The molecule has 1 aromatic carbocycles. The molecule has 3 heteroatoms. The second-order valence-corrected chi connectivity index (χ2v) is 7.44. The van der Waals surface area contributed by atoms with E-state index in [-0.39, 0.29) is 0 Å². The average Bonchev–Trinajstić information content (AvgIpc) is 2.89. The molecule has 0 spiro atoms. The van der Waals surface area contributed by atoms with E-state index in [9.17, 15) is 0 Å². The predicted molar refractivity (Wildman–Crippen MR) is 157 cm³/mol. The van der Waals surface area contributed by atoms with Gasteiger partial charge in [0, 0.05) is 30.2 Å². The molecule has 1 aromatic rings. The van der Waals surface area contributed by atoms with Gasteiger partial charge in [0.2, 0.25) is 0 Å². The summed E-state index contributed by atoms with van der Waals surface area (Å²) in [7, 11) is 0. The number of rotatable bonds is 8. The molecule has 0 radical (unpaired) electrons. The summed E-state index contributed by atoms with van der Waals surface area (Å²) in [6.07, 6.45) is 13.9. The van der Waals surface area contributed by atoms with Crippen molar-refractivity contribution in [3.8, 4) is 0 Å². The van der Waals surface area contributed by atoms with Gasteiger partial charge in [0.25, 0.3) is 0 Å². The Morgan fingerprint density at radius 1 is 1.00 bits per heavy atom. The number of nitrogens with one attached hydrogen (secondary N) is 1. The lowest BCUT2D eigenvalue weighted by Gasteiger charge is -2.29. The minimum absolute atomic E-state index is 0.803. The Balaban J connectivity index is 0. The van der Waals surface area contributed by atoms with Crippen LogP contribution in [0.1, 0.15) is 47.5 Å². The number of morpholine rings is 1. The molecule has 1 aliphatic rings. The number of nitrogens with zero attached hydrogens (tertiary/aromatic N) is 1. The predicted octanol–water partition coefficient (Wildman–Crippen LogP) is 8.88. The van der Waals surface area contributed by atoms with Crippen molar-refractivity contribution in [2.45, 2.75) is 47.5 Å². The van der Waals surface area contributed by atoms with Crippen molar-refractivity contribution in [3.63, 3.8) is 0 Å². The molecular formula is C31H48N2O. The van der Waals surface area contributed by atoms with Crippen molar-refractivity contribution in [1.82, 2.24) is 0 Å². The monoisotopic (exact) mass is 464 g/mol. The van der Waals surface area contributed by atoms with E-state index in [2.05, 4.69) is 80.4 Å². The van der Waals surface area contributed by atoms with Crippen LogP contribution in [-0.4, -0.2) is 26.3 Å². The lowest BCUT2D eigenvalue weighted by atomic mass is 10.1. The van der Waals surface area contributed by atoms with Crippen molar-refractivity contribution in [1.29, 1.82) is 0 Å². The van der Waals surface area contributed by atoms with Gasteiger partial charge in [-0.25, -0.2) is 0 Å². The van der Waals surface area contributed by atoms with Crippen LogP contribution < -0.4 is 10.2 Å². The molecule has 1 N–H and O–H groups in total. The van der Waals surface area contributed by atoms with Crippen LogP contribution in [0, 0.1) is 0 Å². The van der Waals surface area contributed by atoms with Gasteiger partial charge in [-0.1, -0.05) is 62.1 Å². The second kappa shape index (κ2) is 23.1. The van der Waals surface area contributed by atoms with Gasteiger partial charge in [0.15, 0.2) is 0 Å². The zero-order valence-corrected chi connectivity index (χ0v) is 22.4. The fraction of sp³-hybridized carbons (Fsp3) is 0.355. The van der Waals surface area contributed by atoms with Crippen molar-refractivity contribution in [2.24, 2.45) is 0 Å². The molecule has 0 bridgehead atoms. The molecule has 0 aliphatic carbocycles. The fourth-order valence-corrected chi connectivity index (χ4v) is 2.56. The highest BCUT2D eigenvalue weighted by atomic mass is 16.5. The normalized spacial score (nSPS) is 13.0. The van der Waals surface area contributed by atoms with Crippen LogP contribution in [0.15, 0.2) is 110 Å². The van der Waals surface area contributed by atoms with Crippen LogP contribution in [0.25, 0.3) is 0 Å². The third-order valence-electron chi connectivity index (χ3n) is 4.51. The molecule has 2 rings (SSSR count). The van der Waals surface area contributed by atoms with Crippen LogP contribution in [-0.2, 0) is 4.74 Å². The summed E-state index contributed by atoms with van der Waals surface area (Å²) in [5, 5.41) is 3.48. The zero-order chi connectivity index (χ0) is 26.2. The maximum atomic E-state index is 5.41. The summed E-state index contributed by atoms with van der Waals surface area (Å²) in [6.45, 7) is 31.2. The second-order valence-electron chi connectivity index (χ2n) is 7.44. The molecule has 1 fully saturated rings. The Morgan fingerprint density at radius 3 is 1.94 bits per heavy atom. The average molecular weight is 465 g/mol. The number of hydrogen-bond acceptors (Lipinski definition) is 3. The van der Waals surface area contributed by atoms with Crippen LogP contribution in [0.5, 0.6) is 0 Å². The Hall–Kier alpha value is -3.04. The molecule has 3 nitrogen and oxygen atoms in total.